The summed E-state index contributed by atoms with van der Waals surface area (Å²) in [6.07, 6.45) is 0. The molecule has 4 aromatic rings. The molecule has 28 heavy (non-hydrogen) atoms. The number of rotatable bonds is 4. The summed E-state index contributed by atoms with van der Waals surface area (Å²) in [4.78, 5) is 0. The van der Waals surface area contributed by atoms with Crippen molar-refractivity contribution in [2.45, 2.75) is 19.6 Å². The van der Waals surface area contributed by atoms with E-state index in [0.717, 1.165) is 0 Å². The predicted molar refractivity (Wildman–Crippen MR) is 128 cm³/mol. The van der Waals surface area contributed by atoms with Crippen molar-refractivity contribution < 1.29 is 0 Å². The largest absolute Gasteiger partial charge is 0.325 e. The fourth-order valence-corrected chi connectivity index (χ4v) is 11.7. The van der Waals surface area contributed by atoms with Gasteiger partial charge in [-0.3, -0.25) is 0 Å². The van der Waals surface area contributed by atoms with Gasteiger partial charge in [0.05, 0.1) is 0 Å². The van der Waals surface area contributed by atoms with Crippen LogP contribution in [0.1, 0.15) is 0 Å². The standard InChI is InChI=1S/C25H26NPSi/c1-28(2,3)26-27(22-15-6-4-7-16-22,23-17-8-5-9-18-23)25-20-12-14-21-13-10-11-19-24(21)25/h4-20H,1-3H3. The Morgan fingerprint density at radius 1 is 0.571 bits per heavy atom. The van der Waals surface area contributed by atoms with Gasteiger partial charge in [-0.25, -0.2) is 0 Å². The van der Waals surface area contributed by atoms with Gasteiger partial charge in [0, 0.05) is 12.4 Å². The molecule has 0 N–H and O–H groups in total. The quantitative estimate of drug-likeness (QED) is 0.288. The van der Waals surface area contributed by atoms with Crippen LogP contribution in [0.25, 0.3) is 10.8 Å². The molecule has 0 unspecified atom stereocenters. The van der Waals surface area contributed by atoms with Crippen molar-refractivity contribution in [1.82, 2.24) is 0 Å². The highest BCUT2D eigenvalue weighted by molar-refractivity contribution is 7.88. The van der Waals surface area contributed by atoms with Crippen molar-refractivity contribution in [2.24, 2.45) is 4.41 Å². The van der Waals surface area contributed by atoms with Gasteiger partial charge in [0.1, 0.15) is 0 Å². The highest BCUT2D eigenvalue weighted by atomic mass is 31.2. The van der Waals surface area contributed by atoms with Gasteiger partial charge in [0.25, 0.3) is 0 Å². The summed E-state index contributed by atoms with van der Waals surface area (Å²) in [5.41, 5.74) is 0. The van der Waals surface area contributed by atoms with Gasteiger partial charge >= 0.3 is 0 Å². The van der Waals surface area contributed by atoms with Gasteiger partial charge in [-0.15, -0.1) is 0 Å². The number of nitrogens with zero attached hydrogens (tertiary/aromatic N) is 1. The third-order valence-corrected chi connectivity index (χ3v) is 11.6. The van der Waals surface area contributed by atoms with Crippen molar-refractivity contribution in [1.29, 1.82) is 0 Å². The van der Waals surface area contributed by atoms with E-state index < -0.39 is 15.3 Å². The Balaban J connectivity index is 2.23. The van der Waals surface area contributed by atoms with Crippen LogP contribution < -0.4 is 15.9 Å². The van der Waals surface area contributed by atoms with Crippen LogP contribution in [0.3, 0.4) is 0 Å². The lowest BCUT2D eigenvalue weighted by Crippen LogP contribution is -2.30. The second-order valence-electron chi connectivity index (χ2n) is 8.08. The third-order valence-electron chi connectivity index (χ3n) is 4.82. The number of hydrogen-bond donors (Lipinski definition) is 0. The molecular weight excluding hydrogens is 373 g/mol. The first-order chi connectivity index (χ1) is 13.5. The topological polar surface area (TPSA) is 12.4 Å². The third kappa shape index (κ3) is 3.51. The zero-order valence-electron chi connectivity index (χ0n) is 16.7. The van der Waals surface area contributed by atoms with Gasteiger partial charge in [0.15, 0.2) is 8.24 Å². The van der Waals surface area contributed by atoms with Crippen molar-refractivity contribution in [3.63, 3.8) is 0 Å². The maximum atomic E-state index is 5.75. The number of hydrogen-bond acceptors (Lipinski definition) is 1. The SMILES string of the molecule is C[Si](C)(C)N=P(c1ccccc1)(c1ccccc1)c1cccc2ccccc12. The summed E-state index contributed by atoms with van der Waals surface area (Å²) >= 11 is 0. The number of benzene rings is 4. The molecule has 0 radical (unpaired) electrons. The normalized spacial score (nSPS) is 12.1. The summed E-state index contributed by atoms with van der Waals surface area (Å²) in [5, 5.41) is 6.63. The van der Waals surface area contributed by atoms with E-state index in [9.17, 15) is 0 Å². The molecule has 4 rings (SSSR count). The second kappa shape index (κ2) is 7.54. The Morgan fingerprint density at radius 2 is 1.07 bits per heavy atom. The maximum Gasteiger partial charge on any atom is 0.171 e. The van der Waals surface area contributed by atoms with Gasteiger partial charge in [-0.1, -0.05) is 123 Å². The van der Waals surface area contributed by atoms with Gasteiger partial charge in [-0.2, -0.15) is 0 Å². The zero-order chi connectivity index (χ0) is 19.6. The van der Waals surface area contributed by atoms with Crippen LogP contribution in [0.5, 0.6) is 0 Å². The molecule has 0 aliphatic carbocycles. The van der Waals surface area contributed by atoms with Gasteiger partial charge < -0.3 is 4.41 Å². The molecule has 0 heterocycles. The van der Waals surface area contributed by atoms with E-state index >= 15 is 0 Å². The molecule has 0 saturated heterocycles. The highest BCUT2D eigenvalue weighted by Gasteiger charge is 2.31. The van der Waals surface area contributed by atoms with Crippen LogP contribution in [0.4, 0.5) is 0 Å². The molecule has 0 fully saturated rings. The Labute approximate surface area is 169 Å². The molecule has 0 spiro atoms. The first-order valence-corrected chi connectivity index (χ1v) is 14.9. The fourth-order valence-electron chi connectivity index (χ4n) is 3.82. The van der Waals surface area contributed by atoms with Crippen LogP contribution >= 0.6 is 7.05 Å². The van der Waals surface area contributed by atoms with Crippen LogP contribution in [0.15, 0.2) is 108 Å². The minimum atomic E-state index is -2.13. The summed E-state index contributed by atoms with van der Waals surface area (Å²) in [7, 11) is -3.89. The molecule has 0 aliphatic rings. The first kappa shape index (κ1) is 18.9. The molecular formula is C25H26NPSi. The molecule has 1 nitrogen and oxygen atoms in total. The van der Waals surface area contributed by atoms with Crippen molar-refractivity contribution in [3.8, 4) is 0 Å². The average molecular weight is 400 g/mol. The monoisotopic (exact) mass is 399 g/mol. The van der Waals surface area contributed by atoms with E-state index in [-0.39, 0.29) is 0 Å². The van der Waals surface area contributed by atoms with Crippen molar-refractivity contribution >= 4 is 42.0 Å². The van der Waals surface area contributed by atoms with E-state index in [1.165, 1.54) is 26.7 Å². The Morgan fingerprint density at radius 3 is 1.64 bits per heavy atom. The molecule has 0 aliphatic heterocycles. The lowest BCUT2D eigenvalue weighted by atomic mass is 10.1. The first-order valence-electron chi connectivity index (χ1n) is 9.74. The molecule has 0 amide bonds. The lowest BCUT2D eigenvalue weighted by molar-refractivity contribution is 1.59. The predicted octanol–water partition coefficient (Wildman–Crippen LogP) is 6.15. The number of fused-ring (bicyclic) bond motifs is 1. The zero-order valence-corrected chi connectivity index (χ0v) is 18.6. The van der Waals surface area contributed by atoms with Gasteiger partial charge in [-0.05, 0) is 21.4 Å². The highest BCUT2D eigenvalue weighted by Crippen LogP contribution is 2.49. The van der Waals surface area contributed by atoms with Crippen molar-refractivity contribution in [2.75, 3.05) is 0 Å². The summed E-state index contributed by atoms with van der Waals surface area (Å²) in [5.74, 6) is 0. The maximum absolute atomic E-state index is 5.75. The molecule has 140 valence electrons. The molecule has 4 aromatic carbocycles. The summed E-state index contributed by atoms with van der Waals surface area (Å²) in [6.45, 7) is 7.04. The second-order valence-corrected chi connectivity index (χ2v) is 16.0. The molecule has 0 atom stereocenters. The lowest BCUT2D eigenvalue weighted by Gasteiger charge is -2.31. The molecule has 0 aromatic heterocycles. The van der Waals surface area contributed by atoms with Crippen LogP contribution in [-0.2, 0) is 0 Å². The van der Waals surface area contributed by atoms with E-state index in [0.29, 0.717) is 0 Å². The summed E-state index contributed by atoms with van der Waals surface area (Å²) in [6, 6.07) is 37.3. The Hall–Kier alpha value is -2.41. The van der Waals surface area contributed by atoms with Crippen LogP contribution in [0, 0.1) is 0 Å². The van der Waals surface area contributed by atoms with Gasteiger partial charge in [0.2, 0.25) is 0 Å². The minimum Gasteiger partial charge on any atom is -0.325 e. The molecule has 3 heteroatoms. The van der Waals surface area contributed by atoms with E-state index in [1.54, 1.807) is 0 Å². The Bertz CT molecular complexity index is 1100. The van der Waals surface area contributed by atoms with Crippen molar-refractivity contribution in [3.05, 3.63) is 103 Å². The Kier molecular flexibility index (Phi) is 5.10. The minimum absolute atomic E-state index is 1.28. The fraction of sp³-hybridized carbons (Fsp3) is 0.120. The van der Waals surface area contributed by atoms with E-state index in [1.807, 2.05) is 0 Å². The molecule has 0 bridgehead atoms. The summed E-state index contributed by atoms with van der Waals surface area (Å²) < 4.78 is 5.75. The molecule has 0 saturated carbocycles. The van der Waals surface area contributed by atoms with E-state index in [2.05, 4.69) is 123 Å². The average Bonchev–Trinajstić information content (AvgIpc) is 2.72. The van der Waals surface area contributed by atoms with Crippen LogP contribution in [-0.4, -0.2) is 8.24 Å². The smallest absolute Gasteiger partial charge is 0.171 e. The van der Waals surface area contributed by atoms with Crippen LogP contribution in [0.2, 0.25) is 19.6 Å². The van der Waals surface area contributed by atoms with E-state index in [4.69, 9.17) is 4.41 Å².